The summed E-state index contributed by atoms with van der Waals surface area (Å²) in [5.41, 5.74) is 5.90. The fourth-order valence-electron chi connectivity index (χ4n) is 2.85. The molecule has 0 aromatic rings. The smallest absolute Gasteiger partial charge is 0.237 e. The zero-order valence-electron chi connectivity index (χ0n) is 13.0. The molecule has 0 aromatic carbocycles. The van der Waals surface area contributed by atoms with Gasteiger partial charge in [0, 0.05) is 19.1 Å². The lowest BCUT2D eigenvalue weighted by atomic mass is 10.00. The van der Waals surface area contributed by atoms with Gasteiger partial charge in [0.15, 0.2) is 0 Å². The molecular formula is C15H31N3O. The summed E-state index contributed by atoms with van der Waals surface area (Å²) >= 11 is 0. The van der Waals surface area contributed by atoms with E-state index in [2.05, 4.69) is 37.9 Å². The number of nitrogens with one attached hydrogen (secondary N) is 1. The van der Waals surface area contributed by atoms with Crippen LogP contribution in [0.1, 0.15) is 47.0 Å². The number of amides is 1. The van der Waals surface area contributed by atoms with Gasteiger partial charge in [-0.25, -0.2) is 0 Å². The molecule has 1 saturated heterocycles. The Morgan fingerprint density at radius 2 is 2.11 bits per heavy atom. The van der Waals surface area contributed by atoms with Gasteiger partial charge in [-0.15, -0.1) is 0 Å². The summed E-state index contributed by atoms with van der Waals surface area (Å²) < 4.78 is 0. The van der Waals surface area contributed by atoms with Crippen LogP contribution in [0.5, 0.6) is 0 Å². The molecule has 2 unspecified atom stereocenters. The van der Waals surface area contributed by atoms with Gasteiger partial charge in [-0.2, -0.15) is 0 Å². The van der Waals surface area contributed by atoms with E-state index in [1.807, 2.05) is 0 Å². The second-order valence-electron chi connectivity index (χ2n) is 6.65. The van der Waals surface area contributed by atoms with Gasteiger partial charge >= 0.3 is 0 Å². The van der Waals surface area contributed by atoms with E-state index >= 15 is 0 Å². The van der Waals surface area contributed by atoms with Gasteiger partial charge in [0.1, 0.15) is 0 Å². The number of carbonyl (C=O) groups is 1. The van der Waals surface area contributed by atoms with Crippen molar-refractivity contribution in [1.29, 1.82) is 0 Å². The summed E-state index contributed by atoms with van der Waals surface area (Å²) in [6.45, 7) is 11.8. The van der Waals surface area contributed by atoms with Crippen molar-refractivity contribution in [2.24, 2.45) is 17.6 Å². The molecule has 0 spiro atoms. The maximum atomic E-state index is 11.9. The molecular weight excluding hydrogens is 238 g/mol. The largest absolute Gasteiger partial charge is 0.351 e. The lowest BCUT2D eigenvalue weighted by molar-refractivity contribution is -0.123. The summed E-state index contributed by atoms with van der Waals surface area (Å²) in [5.74, 6) is 1.23. The Balaban J connectivity index is 2.29. The molecule has 0 aliphatic carbocycles. The highest BCUT2D eigenvalue weighted by Gasteiger charge is 2.21. The van der Waals surface area contributed by atoms with Gasteiger partial charge in [0.25, 0.3) is 0 Å². The molecule has 1 rings (SSSR count). The van der Waals surface area contributed by atoms with Crippen molar-refractivity contribution in [2.75, 3.05) is 19.6 Å². The first-order chi connectivity index (χ1) is 8.88. The molecule has 3 N–H and O–H groups in total. The molecule has 1 aliphatic rings. The number of piperidine rings is 1. The topological polar surface area (TPSA) is 58.4 Å². The molecule has 19 heavy (non-hydrogen) atoms. The second kappa shape index (κ2) is 7.85. The SMILES string of the molecule is CC(C)C[C@H](N)C(=O)NC(C)CN1CCCC(C)C1. The van der Waals surface area contributed by atoms with Crippen LogP contribution in [0.15, 0.2) is 0 Å². The van der Waals surface area contributed by atoms with Crippen LogP contribution in [0, 0.1) is 11.8 Å². The van der Waals surface area contributed by atoms with Crippen LogP contribution in [-0.4, -0.2) is 42.5 Å². The van der Waals surface area contributed by atoms with Crippen LogP contribution in [0.4, 0.5) is 0 Å². The summed E-state index contributed by atoms with van der Waals surface area (Å²) in [6, 6.07) is -0.196. The van der Waals surface area contributed by atoms with E-state index in [1.54, 1.807) is 0 Å². The standard InChI is InChI=1S/C15H31N3O/c1-11(2)8-14(16)15(19)17-13(4)10-18-7-5-6-12(3)9-18/h11-14H,5-10,16H2,1-4H3,(H,17,19)/t12?,13?,14-/m0/s1. The first-order valence-electron chi connectivity index (χ1n) is 7.66. The van der Waals surface area contributed by atoms with Crippen LogP contribution in [-0.2, 0) is 4.79 Å². The van der Waals surface area contributed by atoms with Gasteiger partial charge in [-0.3, -0.25) is 4.79 Å². The van der Waals surface area contributed by atoms with Crippen LogP contribution in [0.2, 0.25) is 0 Å². The van der Waals surface area contributed by atoms with E-state index in [0.29, 0.717) is 5.92 Å². The molecule has 0 saturated carbocycles. The van der Waals surface area contributed by atoms with Crippen LogP contribution in [0.25, 0.3) is 0 Å². The van der Waals surface area contributed by atoms with Crippen LogP contribution in [0.3, 0.4) is 0 Å². The quantitative estimate of drug-likeness (QED) is 0.770. The first kappa shape index (κ1) is 16.4. The third-order valence-electron chi connectivity index (χ3n) is 3.72. The zero-order valence-corrected chi connectivity index (χ0v) is 13.0. The van der Waals surface area contributed by atoms with E-state index in [1.165, 1.54) is 12.8 Å². The number of rotatable bonds is 6. The molecule has 112 valence electrons. The lowest BCUT2D eigenvalue weighted by Crippen LogP contribution is -2.49. The molecule has 4 heteroatoms. The molecule has 1 aliphatic heterocycles. The highest BCUT2D eigenvalue weighted by Crippen LogP contribution is 2.15. The van der Waals surface area contributed by atoms with E-state index in [4.69, 9.17) is 5.73 Å². The summed E-state index contributed by atoms with van der Waals surface area (Å²) in [5, 5.41) is 3.04. The van der Waals surface area contributed by atoms with Crippen molar-refractivity contribution in [3.8, 4) is 0 Å². The number of hydrogen-bond acceptors (Lipinski definition) is 3. The van der Waals surface area contributed by atoms with E-state index in [9.17, 15) is 4.79 Å². The number of likely N-dealkylation sites (tertiary alicyclic amines) is 1. The summed E-state index contributed by atoms with van der Waals surface area (Å²) in [4.78, 5) is 14.4. The predicted molar refractivity (Wildman–Crippen MR) is 79.9 cm³/mol. The maximum absolute atomic E-state index is 11.9. The minimum absolute atomic E-state index is 0.00809. The Morgan fingerprint density at radius 1 is 1.42 bits per heavy atom. The fraction of sp³-hybridized carbons (Fsp3) is 0.933. The normalized spacial score (nSPS) is 24.2. The van der Waals surface area contributed by atoms with Gasteiger partial charge < -0.3 is 16.0 Å². The molecule has 1 amide bonds. The highest BCUT2D eigenvalue weighted by molar-refractivity contribution is 5.81. The minimum Gasteiger partial charge on any atom is -0.351 e. The lowest BCUT2D eigenvalue weighted by Gasteiger charge is -2.33. The molecule has 4 nitrogen and oxygen atoms in total. The van der Waals surface area contributed by atoms with Crippen molar-refractivity contribution in [2.45, 2.75) is 59.0 Å². The van der Waals surface area contributed by atoms with Gasteiger partial charge in [-0.1, -0.05) is 20.8 Å². The van der Waals surface area contributed by atoms with Gasteiger partial charge in [0.2, 0.25) is 5.91 Å². The molecule has 0 aromatic heterocycles. The molecule has 1 fully saturated rings. The van der Waals surface area contributed by atoms with Crippen molar-refractivity contribution in [3.63, 3.8) is 0 Å². The minimum atomic E-state index is -0.372. The van der Waals surface area contributed by atoms with Crippen LogP contribution < -0.4 is 11.1 Å². The zero-order chi connectivity index (χ0) is 14.4. The number of nitrogens with two attached hydrogens (primary N) is 1. The Kier molecular flexibility index (Phi) is 6.80. The van der Waals surface area contributed by atoms with Crippen molar-refractivity contribution in [3.05, 3.63) is 0 Å². The maximum Gasteiger partial charge on any atom is 0.237 e. The third kappa shape index (κ3) is 6.39. The highest BCUT2D eigenvalue weighted by atomic mass is 16.2. The Bertz CT molecular complexity index is 281. The first-order valence-corrected chi connectivity index (χ1v) is 7.66. The van der Waals surface area contributed by atoms with Crippen molar-refractivity contribution >= 4 is 5.91 Å². The average Bonchev–Trinajstić information content (AvgIpc) is 2.27. The number of hydrogen-bond donors (Lipinski definition) is 2. The molecule has 0 bridgehead atoms. The summed E-state index contributed by atoms with van der Waals surface area (Å²) in [7, 11) is 0. The van der Waals surface area contributed by atoms with Crippen molar-refractivity contribution in [1.82, 2.24) is 10.2 Å². The van der Waals surface area contributed by atoms with E-state index in [0.717, 1.165) is 32.0 Å². The predicted octanol–water partition coefficient (Wildman–Crippen LogP) is 1.60. The van der Waals surface area contributed by atoms with Gasteiger partial charge in [0.05, 0.1) is 6.04 Å². The Labute approximate surface area is 118 Å². The fourth-order valence-corrected chi connectivity index (χ4v) is 2.85. The van der Waals surface area contributed by atoms with E-state index < -0.39 is 0 Å². The summed E-state index contributed by atoms with van der Waals surface area (Å²) in [6.07, 6.45) is 3.35. The number of carbonyl (C=O) groups excluding carboxylic acids is 1. The molecule has 3 atom stereocenters. The van der Waals surface area contributed by atoms with Crippen molar-refractivity contribution < 1.29 is 4.79 Å². The molecule has 1 heterocycles. The van der Waals surface area contributed by atoms with Crippen LogP contribution >= 0.6 is 0 Å². The third-order valence-corrected chi connectivity index (χ3v) is 3.72. The Morgan fingerprint density at radius 3 is 2.68 bits per heavy atom. The van der Waals surface area contributed by atoms with Gasteiger partial charge in [-0.05, 0) is 44.6 Å². The Hall–Kier alpha value is -0.610. The molecule has 0 radical (unpaired) electrons. The average molecular weight is 269 g/mol. The van der Waals surface area contributed by atoms with E-state index in [-0.39, 0.29) is 18.0 Å². The monoisotopic (exact) mass is 269 g/mol. The number of nitrogens with zero attached hydrogens (tertiary/aromatic N) is 1. The second-order valence-corrected chi connectivity index (χ2v) is 6.65.